The summed E-state index contributed by atoms with van der Waals surface area (Å²) in [6, 6.07) is 8.33. The van der Waals surface area contributed by atoms with E-state index in [9.17, 15) is 0 Å². The predicted molar refractivity (Wildman–Crippen MR) is 51.4 cm³/mol. The molecule has 60 valence electrons. The molecule has 0 aliphatic rings. The van der Waals surface area contributed by atoms with E-state index in [1.807, 2.05) is 12.1 Å². The molecule has 1 nitrogen and oxygen atoms in total. The summed E-state index contributed by atoms with van der Waals surface area (Å²) in [5.74, 6) is 0. The third-order valence-corrected chi connectivity index (χ3v) is 2.27. The minimum Gasteiger partial charge on any atom is -0.324 e. The molecule has 0 spiro atoms. The Bertz CT molecular complexity index is 218. The van der Waals surface area contributed by atoms with E-state index in [1.54, 1.807) is 0 Å². The summed E-state index contributed by atoms with van der Waals surface area (Å²) in [6.07, 6.45) is 0.988. The summed E-state index contributed by atoms with van der Waals surface area (Å²) in [4.78, 5) is 0. The fourth-order valence-electron chi connectivity index (χ4n) is 0.946. The zero-order valence-electron chi connectivity index (χ0n) is 6.55. The van der Waals surface area contributed by atoms with Crippen LogP contribution in [-0.2, 0) is 0 Å². The smallest absolute Gasteiger partial charge is 0.0292 e. The minimum atomic E-state index is 0.183. The SMILES string of the molecule is CCC(N)c1ccc(Br)cc1. The topological polar surface area (TPSA) is 26.0 Å². The molecule has 1 rings (SSSR count). The fourth-order valence-corrected chi connectivity index (χ4v) is 1.21. The highest BCUT2D eigenvalue weighted by Crippen LogP contribution is 2.16. The Balaban J connectivity index is 2.81. The molecule has 2 N–H and O–H groups in total. The van der Waals surface area contributed by atoms with E-state index in [0.29, 0.717) is 0 Å². The van der Waals surface area contributed by atoms with Crippen molar-refractivity contribution in [2.75, 3.05) is 0 Å². The van der Waals surface area contributed by atoms with Crippen molar-refractivity contribution >= 4 is 15.9 Å². The second-order valence-corrected chi connectivity index (χ2v) is 3.48. The average Bonchev–Trinajstić information content (AvgIpc) is 2.05. The maximum absolute atomic E-state index is 5.83. The van der Waals surface area contributed by atoms with Crippen LogP contribution in [-0.4, -0.2) is 0 Å². The predicted octanol–water partition coefficient (Wildman–Crippen LogP) is 2.86. The van der Waals surface area contributed by atoms with Gasteiger partial charge in [0.05, 0.1) is 0 Å². The lowest BCUT2D eigenvalue weighted by atomic mass is 10.1. The van der Waals surface area contributed by atoms with E-state index >= 15 is 0 Å². The highest BCUT2D eigenvalue weighted by Gasteiger charge is 2.00. The Kier molecular flexibility index (Phi) is 3.09. The second kappa shape index (κ2) is 3.88. The van der Waals surface area contributed by atoms with E-state index in [1.165, 1.54) is 5.56 Å². The first kappa shape index (κ1) is 8.75. The van der Waals surface area contributed by atoms with Gasteiger partial charge in [-0.15, -0.1) is 0 Å². The highest BCUT2D eigenvalue weighted by molar-refractivity contribution is 9.10. The Morgan fingerprint density at radius 3 is 2.36 bits per heavy atom. The van der Waals surface area contributed by atoms with Crippen molar-refractivity contribution in [3.8, 4) is 0 Å². The van der Waals surface area contributed by atoms with E-state index in [-0.39, 0.29) is 6.04 Å². The zero-order valence-corrected chi connectivity index (χ0v) is 8.14. The van der Waals surface area contributed by atoms with Crippen LogP contribution in [0, 0.1) is 0 Å². The standard InChI is InChI=1S/C9H12BrN/c1-2-9(11)7-3-5-8(10)6-4-7/h3-6,9H,2,11H2,1H3. The van der Waals surface area contributed by atoms with Gasteiger partial charge >= 0.3 is 0 Å². The fraction of sp³-hybridized carbons (Fsp3) is 0.333. The molecule has 11 heavy (non-hydrogen) atoms. The van der Waals surface area contributed by atoms with Gasteiger partial charge in [0.15, 0.2) is 0 Å². The van der Waals surface area contributed by atoms with Crippen LogP contribution >= 0.6 is 15.9 Å². The maximum atomic E-state index is 5.83. The molecule has 0 heterocycles. The molecule has 0 amide bonds. The molecule has 0 fully saturated rings. The number of halogens is 1. The maximum Gasteiger partial charge on any atom is 0.0292 e. The van der Waals surface area contributed by atoms with Crippen LogP contribution in [0.15, 0.2) is 28.7 Å². The van der Waals surface area contributed by atoms with Crippen LogP contribution in [0.4, 0.5) is 0 Å². The normalized spacial score (nSPS) is 13.0. The third kappa shape index (κ3) is 2.31. The molecule has 0 saturated carbocycles. The van der Waals surface area contributed by atoms with Gasteiger partial charge in [-0.2, -0.15) is 0 Å². The number of rotatable bonds is 2. The summed E-state index contributed by atoms with van der Waals surface area (Å²) in [7, 11) is 0. The highest BCUT2D eigenvalue weighted by atomic mass is 79.9. The van der Waals surface area contributed by atoms with Gasteiger partial charge in [0.2, 0.25) is 0 Å². The first-order chi connectivity index (χ1) is 5.24. The summed E-state index contributed by atoms with van der Waals surface area (Å²) in [6.45, 7) is 2.09. The lowest BCUT2D eigenvalue weighted by Gasteiger charge is -2.07. The molecule has 2 heteroatoms. The number of nitrogens with two attached hydrogens (primary N) is 1. The van der Waals surface area contributed by atoms with Crippen LogP contribution in [0.5, 0.6) is 0 Å². The van der Waals surface area contributed by atoms with Crippen molar-refractivity contribution in [2.24, 2.45) is 5.73 Å². The molecule has 0 aromatic heterocycles. The third-order valence-electron chi connectivity index (χ3n) is 1.74. The summed E-state index contributed by atoms with van der Waals surface area (Å²) >= 11 is 3.38. The molecule has 0 aliphatic heterocycles. The van der Waals surface area contributed by atoms with Gasteiger partial charge in [0.1, 0.15) is 0 Å². The van der Waals surface area contributed by atoms with Gasteiger partial charge in [0.25, 0.3) is 0 Å². The number of hydrogen-bond acceptors (Lipinski definition) is 1. The molecular weight excluding hydrogens is 202 g/mol. The first-order valence-corrected chi connectivity index (χ1v) is 4.54. The van der Waals surface area contributed by atoms with Crippen LogP contribution in [0.2, 0.25) is 0 Å². The molecule has 1 atom stereocenters. The monoisotopic (exact) mass is 213 g/mol. The van der Waals surface area contributed by atoms with Crippen molar-refractivity contribution < 1.29 is 0 Å². The van der Waals surface area contributed by atoms with Crippen LogP contribution in [0.3, 0.4) is 0 Å². The summed E-state index contributed by atoms with van der Waals surface area (Å²) in [5, 5.41) is 0. The van der Waals surface area contributed by atoms with Gasteiger partial charge in [-0.1, -0.05) is 35.0 Å². The van der Waals surface area contributed by atoms with Crippen LogP contribution in [0.1, 0.15) is 24.9 Å². The summed E-state index contributed by atoms with van der Waals surface area (Å²) in [5.41, 5.74) is 7.03. The Hall–Kier alpha value is -0.340. The van der Waals surface area contributed by atoms with Crippen molar-refractivity contribution in [3.63, 3.8) is 0 Å². The number of hydrogen-bond donors (Lipinski definition) is 1. The second-order valence-electron chi connectivity index (χ2n) is 2.57. The quantitative estimate of drug-likeness (QED) is 0.804. The van der Waals surface area contributed by atoms with Gasteiger partial charge in [0, 0.05) is 10.5 Å². The molecule has 1 unspecified atom stereocenters. The van der Waals surface area contributed by atoms with Crippen molar-refractivity contribution in [3.05, 3.63) is 34.3 Å². The van der Waals surface area contributed by atoms with Crippen molar-refractivity contribution in [2.45, 2.75) is 19.4 Å². The molecule has 0 bridgehead atoms. The molecule has 1 aromatic rings. The van der Waals surface area contributed by atoms with Gasteiger partial charge in [-0.25, -0.2) is 0 Å². The molecule has 0 saturated heterocycles. The van der Waals surface area contributed by atoms with Gasteiger partial charge < -0.3 is 5.73 Å². The van der Waals surface area contributed by atoms with Crippen molar-refractivity contribution in [1.82, 2.24) is 0 Å². The van der Waals surface area contributed by atoms with Crippen LogP contribution in [0.25, 0.3) is 0 Å². The lowest BCUT2D eigenvalue weighted by molar-refractivity contribution is 0.698. The Labute approximate surface area is 75.7 Å². The Morgan fingerprint density at radius 2 is 1.91 bits per heavy atom. The van der Waals surface area contributed by atoms with E-state index in [0.717, 1.165) is 10.9 Å². The number of benzene rings is 1. The summed E-state index contributed by atoms with van der Waals surface area (Å²) < 4.78 is 1.10. The first-order valence-electron chi connectivity index (χ1n) is 3.75. The largest absolute Gasteiger partial charge is 0.324 e. The molecule has 1 aromatic carbocycles. The molecule has 0 aliphatic carbocycles. The van der Waals surface area contributed by atoms with E-state index in [2.05, 4.69) is 35.0 Å². The van der Waals surface area contributed by atoms with Crippen LogP contribution < -0.4 is 5.73 Å². The Morgan fingerprint density at radius 1 is 1.36 bits per heavy atom. The molecule has 0 radical (unpaired) electrons. The molecular formula is C9H12BrN. The van der Waals surface area contributed by atoms with E-state index in [4.69, 9.17) is 5.73 Å². The van der Waals surface area contributed by atoms with Gasteiger partial charge in [-0.3, -0.25) is 0 Å². The minimum absolute atomic E-state index is 0.183. The average molecular weight is 214 g/mol. The van der Waals surface area contributed by atoms with Gasteiger partial charge in [-0.05, 0) is 24.1 Å². The van der Waals surface area contributed by atoms with Crippen molar-refractivity contribution in [1.29, 1.82) is 0 Å². The lowest BCUT2D eigenvalue weighted by Crippen LogP contribution is -2.07. The zero-order chi connectivity index (χ0) is 8.27. The van der Waals surface area contributed by atoms with E-state index < -0.39 is 0 Å².